The molecule has 0 saturated carbocycles. The van der Waals surface area contributed by atoms with Crippen LogP contribution in [0.4, 0.5) is 5.69 Å². The summed E-state index contributed by atoms with van der Waals surface area (Å²) in [6.45, 7) is 3.90. The van der Waals surface area contributed by atoms with Gasteiger partial charge in [-0.2, -0.15) is 0 Å². The number of carbonyl (C=O) groups excluding carboxylic acids is 1. The molecule has 1 aromatic heterocycles. The van der Waals surface area contributed by atoms with E-state index in [4.69, 9.17) is 9.15 Å². The van der Waals surface area contributed by atoms with Crippen LogP contribution in [0, 0.1) is 16.0 Å². The minimum atomic E-state index is -0.483. The van der Waals surface area contributed by atoms with E-state index in [2.05, 4.69) is 10.2 Å². The highest BCUT2D eigenvalue weighted by Crippen LogP contribution is 2.29. The van der Waals surface area contributed by atoms with E-state index in [9.17, 15) is 14.9 Å². The van der Waals surface area contributed by atoms with Crippen LogP contribution in [-0.2, 0) is 16.1 Å². The molecule has 0 spiro atoms. The largest absolute Gasteiger partial charge is 0.455 e. The highest BCUT2D eigenvalue weighted by molar-refractivity contribution is 5.78. The van der Waals surface area contributed by atoms with Gasteiger partial charge in [0.2, 0.25) is 5.89 Å². The zero-order valence-corrected chi connectivity index (χ0v) is 16.1. The summed E-state index contributed by atoms with van der Waals surface area (Å²) >= 11 is 0. The maximum absolute atomic E-state index is 12.7. The molecule has 0 aliphatic carbocycles. The van der Waals surface area contributed by atoms with Crippen LogP contribution < -0.4 is 0 Å². The summed E-state index contributed by atoms with van der Waals surface area (Å²) in [4.78, 5) is 23.0. The van der Waals surface area contributed by atoms with Gasteiger partial charge in [-0.25, -0.2) is 0 Å². The first-order valence-electron chi connectivity index (χ1n) is 9.28. The standard InChI is InChI=1S/C21H21N3O5/c1-3-14(2)19(15-7-5-4-6-8-15)21(25)28-13-18-22-23-20(29-18)16-9-11-17(12-10-16)24(26)27/h4-12,14,19H,3,13H2,1-2H3/t14-,19+/m0/s1. The number of hydrogen-bond donors (Lipinski definition) is 0. The number of esters is 1. The summed E-state index contributed by atoms with van der Waals surface area (Å²) in [5, 5.41) is 18.5. The van der Waals surface area contributed by atoms with E-state index in [1.54, 1.807) is 0 Å². The quantitative estimate of drug-likeness (QED) is 0.313. The van der Waals surface area contributed by atoms with Gasteiger partial charge in [-0.15, -0.1) is 10.2 Å². The molecule has 0 radical (unpaired) electrons. The van der Waals surface area contributed by atoms with Crippen LogP contribution >= 0.6 is 0 Å². The van der Waals surface area contributed by atoms with Gasteiger partial charge in [-0.05, 0) is 23.6 Å². The first-order valence-corrected chi connectivity index (χ1v) is 9.28. The minimum Gasteiger partial charge on any atom is -0.455 e. The Morgan fingerprint density at radius 3 is 2.45 bits per heavy atom. The van der Waals surface area contributed by atoms with Crippen molar-refractivity contribution in [3.8, 4) is 11.5 Å². The van der Waals surface area contributed by atoms with Crippen molar-refractivity contribution >= 4 is 11.7 Å². The number of benzene rings is 2. The minimum absolute atomic E-state index is 0.0283. The maximum Gasteiger partial charge on any atom is 0.314 e. The summed E-state index contributed by atoms with van der Waals surface area (Å²) in [5.74, 6) is -0.252. The molecule has 8 nitrogen and oxygen atoms in total. The Balaban J connectivity index is 1.67. The third-order valence-electron chi connectivity index (χ3n) is 4.76. The van der Waals surface area contributed by atoms with Crippen molar-refractivity contribution in [3.63, 3.8) is 0 Å². The SMILES string of the molecule is CC[C@H](C)[C@@H](C(=O)OCc1nnc(-c2ccc([N+](=O)[O-])cc2)o1)c1ccccc1. The van der Waals surface area contributed by atoms with E-state index >= 15 is 0 Å². The van der Waals surface area contributed by atoms with Crippen LogP contribution in [0.5, 0.6) is 0 Å². The smallest absolute Gasteiger partial charge is 0.314 e. The molecule has 0 amide bonds. The summed E-state index contributed by atoms with van der Waals surface area (Å²) in [6, 6.07) is 15.3. The summed E-state index contributed by atoms with van der Waals surface area (Å²) in [7, 11) is 0. The molecule has 0 saturated heterocycles. The second-order valence-corrected chi connectivity index (χ2v) is 6.69. The predicted molar refractivity (Wildman–Crippen MR) is 105 cm³/mol. The number of nitro groups is 1. The molecular formula is C21H21N3O5. The Bertz CT molecular complexity index is 969. The summed E-state index contributed by atoms with van der Waals surface area (Å²) < 4.78 is 11.0. The van der Waals surface area contributed by atoms with Crippen LogP contribution in [0.25, 0.3) is 11.5 Å². The Morgan fingerprint density at radius 2 is 1.83 bits per heavy atom. The number of non-ortho nitro benzene ring substituents is 1. The average molecular weight is 395 g/mol. The van der Waals surface area contributed by atoms with E-state index in [-0.39, 0.29) is 41.9 Å². The monoisotopic (exact) mass is 395 g/mol. The molecule has 0 bridgehead atoms. The molecule has 0 aliphatic rings. The van der Waals surface area contributed by atoms with E-state index in [1.807, 2.05) is 44.2 Å². The molecule has 2 atom stereocenters. The van der Waals surface area contributed by atoms with Gasteiger partial charge in [-0.3, -0.25) is 14.9 Å². The Morgan fingerprint density at radius 1 is 1.14 bits per heavy atom. The van der Waals surface area contributed by atoms with Gasteiger partial charge in [0, 0.05) is 17.7 Å². The van der Waals surface area contributed by atoms with E-state index < -0.39 is 4.92 Å². The number of nitrogens with zero attached hydrogens (tertiary/aromatic N) is 3. The zero-order chi connectivity index (χ0) is 20.8. The van der Waals surface area contributed by atoms with Crippen LogP contribution in [0.15, 0.2) is 59.0 Å². The lowest BCUT2D eigenvalue weighted by Crippen LogP contribution is -2.22. The fourth-order valence-electron chi connectivity index (χ4n) is 2.97. The summed E-state index contributed by atoms with van der Waals surface area (Å²) in [5.41, 5.74) is 1.42. The molecule has 0 aliphatic heterocycles. The van der Waals surface area contributed by atoms with Gasteiger partial charge in [0.1, 0.15) is 0 Å². The van der Waals surface area contributed by atoms with Crippen LogP contribution in [0.1, 0.15) is 37.6 Å². The number of nitro benzene ring substituents is 1. The topological polar surface area (TPSA) is 108 Å². The third kappa shape index (κ3) is 4.84. The molecular weight excluding hydrogens is 374 g/mol. The van der Waals surface area contributed by atoms with Crippen LogP contribution in [0.2, 0.25) is 0 Å². The Hall–Kier alpha value is -3.55. The zero-order valence-electron chi connectivity index (χ0n) is 16.1. The van der Waals surface area contributed by atoms with Crippen molar-refractivity contribution in [2.75, 3.05) is 0 Å². The van der Waals surface area contributed by atoms with Gasteiger partial charge in [0.05, 0.1) is 10.8 Å². The molecule has 2 aromatic carbocycles. The predicted octanol–water partition coefficient (Wildman–Crippen LogP) is 4.52. The first-order chi connectivity index (χ1) is 14.0. The van der Waals surface area contributed by atoms with Gasteiger partial charge in [-0.1, -0.05) is 50.6 Å². The highest BCUT2D eigenvalue weighted by Gasteiger charge is 2.27. The van der Waals surface area contributed by atoms with Crippen molar-refractivity contribution in [2.45, 2.75) is 32.8 Å². The molecule has 8 heteroatoms. The lowest BCUT2D eigenvalue weighted by Gasteiger charge is -2.21. The van der Waals surface area contributed by atoms with E-state index in [1.165, 1.54) is 24.3 Å². The van der Waals surface area contributed by atoms with Crippen LogP contribution in [0.3, 0.4) is 0 Å². The molecule has 150 valence electrons. The second kappa shape index (κ2) is 9.09. The van der Waals surface area contributed by atoms with Gasteiger partial charge in [0.15, 0.2) is 6.61 Å². The third-order valence-corrected chi connectivity index (χ3v) is 4.76. The van der Waals surface area contributed by atoms with Crippen molar-refractivity contribution < 1.29 is 18.9 Å². The van der Waals surface area contributed by atoms with Gasteiger partial charge in [0.25, 0.3) is 11.6 Å². The molecule has 0 fully saturated rings. The van der Waals surface area contributed by atoms with Gasteiger partial charge < -0.3 is 9.15 Å². The second-order valence-electron chi connectivity index (χ2n) is 6.69. The highest BCUT2D eigenvalue weighted by atomic mass is 16.6. The fraction of sp³-hybridized carbons (Fsp3) is 0.286. The maximum atomic E-state index is 12.7. The lowest BCUT2D eigenvalue weighted by atomic mass is 9.86. The van der Waals surface area contributed by atoms with Crippen molar-refractivity contribution in [1.82, 2.24) is 10.2 Å². The molecule has 0 N–H and O–H groups in total. The molecule has 0 unspecified atom stereocenters. The van der Waals surface area contributed by atoms with Crippen molar-refractivity contribution in [3.05, 3.63) is 76.2 Å². The lowest BCUT2D eigenvalue weighted by molar-refractivity contribution is -0.384. The van der Waals surface area contributed by atoms with E-state index in [0.29, 0.717) is 5.56 Å². The number of ether oxygens (including phenoxy) is 1. The molecule has 29 heavy (non-hydrogen) atoms. The molecule has 1 heterocycles. The normalized spacial score (nSPS) is 12.9. The first kappa shape index (κ1) is 20.2. The Labute approximate surface area is 167 Å². The average Bonchev–Trinajstić information content (AvgIpc) is 3.22. The van der Waals surface area contributed by atoms with Crippen molar-refractivity contribution in [2.24, 2.45) is 5.92 Å². The van der Waals surface area contributed by atoms with E-state index in [0.717, 1.165) is 12.0 Å². The summed E-state index contributed by atoms with van der Waals surface area (Å²) in [6.07, 6.45) is 0.833. The number of rotatable bonds is 8. The number of carbonyl (C=O) groups is 1. The van der Waals surface area contributed by atoms with Crippen molar-refractivity contribution in [1.29, 1.82) is 0 Å². The number of hydrogen-bond acceptors (Lipinski definition) is 7. The Kier molecular flexibility index (Phi) is 6.33. The molecule has 3 aromatic rings. The van der Waals surface area contributed by atoms with Crippen LogP contribution in [-0.4, -0.2) is 21.1 Å². The van der Waals surface area contributed by atoms with Gasteiger partial charge >= 0.3 is 5.97 Å². The fourth-order valence-corrected chi connectivity index (χ4v) is 2.97. The number of aromatic nitrogens is 2. The molecule has 3 rings (SSSR count).